The molecule has 1 saturated heterocycles. The average Bonchev–Trinajstić information content (AvgIpc) is 2.60. The topological polar surface area (TPSA) is 32.7 Å². The van der Waals surface area contributed by atoms with Crippen molar-refractivity contribution >= 4 is 0 Å². The van der Waals surface area contributed by atoms with Crippen molar-refractivity contribution in [3.63, 3.8) is 0 Å². The lowest BCUT2D eigenvalue weighted by Gasteiger charge is -2.26. The first-order valence-corrected chi connectivity index (χ1v) is 7.15. The molecule has 0 spiro atoms. The lowest BCUT2D eigenvalue weighted by atomic mass is 9.88. The number of nitrogens with zero attached hydrogens (tertiary/aromatic N) is 1. The smallest absolute Gasteiger partial charge is 0.118 e. The summed E-state index contributed by atoms with van der Waals surface area (Å²) >= 11 is 0. The van der Waals surface area contributed by atoms with Crippen molar-refractivity contribution in [2.24, 2.45) is 0 Å². The van der Waals surface area contributed by atoms with Crippen molar-refractivity contribution in [2.75, 3.05) is 27.2 Å². The first-order chi connectivity index (χ1) is 9.11. The van der Waals surface area contributed by atoms with Gasteiger partial charge in [-0.05, 0) is 63.4 Å². The Hall–Kier alpha value is -1.06. The Balaban J connectivity index is 1.89. The van der Waals surface area contributed by atoms with Gasteiger partial charge in [0.25, 0.3) is 0 Å². The van der Waals surface area contributed by atoms with E-state index < -0.39 is 5.60 Å². The van der Waals surface area contributed by atoms with E-state index in [-0.39, 0.29) is 0 Å². The second-order valence-electron chi connectivity index (χ2n) is 5.73. The summed E-state index contributed by atoms with van der Waals surface area (Å²) in [6.45, 7) is 2.10. The van der Waals surface area contributed by atoms with E-state index in [9.17, 15) is 5.11 Å². The molecule has 0 radical (unpaired) electrons. The van der Waals surface area contributed by atoms with Gasteiger partial charge in [0.05, 0.1) is 12.7 Å². The average molecular weight is 263 g/mol. The van der Waals surface area contributed by atoms with Gasteiger partial charge in [-0.2, -0.15) is 0 Å². The van der Waals surface area contributed by atoms with Gasteiger partial charge in [0.1, 0.15) is 5.75 Å². The number of methoxy groups -OCH3 is 1. The van der Waals surface area contributed by atoms with Crippen LogP contribution >= 0.6 is 0 Å². The van der Waals surface area contributed by atoms with Crippen LogP contribution in [0.3, 0.4) is 0 Å². The molecule has 0 aliphatic carbocycles. The summed E-state index contributed by atoms with van der Waals surface area (Å²) in [5.74, 6) is 0.888. The summed E-state index contributed by atoms with van der Waals surface area (Å²) in [6.07, 6.45) is 4.69. The predicted molar refractivity (Wildman–Crippen MR) is 77.6 cm³/mol. The molecule has 1 heterocycles. The third-order valence-electron chi connectivity index (χ3n) is 4.18. The fourth-order valence-electron chi connectivity index (χ4n) is 2.73. The first kappa shape index (κ1) is 14.4. The Labute approximate surface area is 116 Å². The fourth-order valence-corrected chi connectivity index (χ4v) is 2.73. The van der Waals surface area contributed by atoms with Gasteiger partial charge in [0.2, 0.25) is 0 Å². The highest BCUT2D eigenvalue weighted by atomic mass is 16.5. The lowest BCUT2D eigenvalue weighted by molar-refractivity contribution is 0.0178. The predicted octanol–water partition coefficient (Wildman–Crippen LogP) is 2.47. The molecule has 0 aromatic heterocycles. The largest absolute Gasteiger partial charge is 0.497 e. The first-order valence-electron chi connectivity index (χ1n) is 7.15. The molecule has 0 bridgehead atoms. The number of aryl methyl sites for hydroxylation is 1. The normalized spacial score (nSPS) is 25.0. The van der Waals surface area contributed by atoms with Crippen LogP contribution in [0.2, 0.25) is 0 Å². The molecule has 1 aromatic carbocycles. The summed E-state index contributed by atoms with van der Waals surface area (Å²) in [6, 6.07) is 8.15. The second kappa shape index (κ2) is 6.40. The highest BCUT2D eigenvalue weighted by molar-refractivity contribution is 5.27. The van der Waals surface area contributed by atoms with Gasteiger partial charge in [-0.3, -0.25) is 0 Å². The third-order valence-corrected chi connectivity index (χ3v) is 4.18. The van der Waals surface area contributed by atoms with Gasteiger partial charge in [0, 0.05) is 6.54 Å². The number of rotatable bonds is 4. The van der Waals surface area contributed by atoms with Crippen LogP contribution in [0.5, 0.6) is 5.75 Å². The van der Waals surface area contributed by atoms with Gasteiger partial charge in [-0.1, -0.05) is 12.1 Å². The summed E-state index contributed by atoms with van der Waals surface area (Å²) in [5.41, 5.74) is 0.789. The molecule has 1 aromatic rings. The Morgan fingerprint density at radius 3 is 2.63 bits per heavy atom. The zero-order valence-electron chi connectivity index (χ0n) is 12.1. The van der Waals surface area contributed by atoms with Crippen molar-refractivity contribution in [3.05, 3.63) is 29.8 Å². The number of likely N-dealkylation sites (tertiary alicyclic amines) is 1. The van der Waals surface area contributed by atoms with Crippen molar-refractivity contribution in [2.45, 2.75) is 37.7 Å². The zero-order valence-corrected chi connectivity index (χ0v) is 12.1. The van der Waals surface area contributed by atoms with Crippen LogP contribution < -0.4 is 4.74 Å². The molecule has 1 atom stereocenters. The summed E-state index contributed by atoms with van der Waals surface area (Å²) in [4.78, 5) is 2.31. The number of hydrogen-bond donors (Lipinski definition) is 1. The van der Waals surface area contributed by atoms with Crippen LogP contribution in [-0.4, -0.2) is 42.9 Å². The Bertz CT molecular complexity index is 390. The molecule has 3 heteroatoms. The molecular weight excluding hydrogens is 238 g/mol. The Morgan fingerprint density at radius 1 is 1.21 bits per heavy atom. The maximum absolute atomic E-state index is 10.7. The molecule has 1 fully saturated rings. The van der Waals surface area contributed by atoms with E-state index in [2.05, 4.69) is 24.1 Å². The molecule has 106 valence electrons. The maximum atomic E-state index is 10.7. The van der Waals surface area contributed by atoms with Crippen molar-refractivity contribution in [1.82, 2.24) is 4.90 Å². The number of hydrogen-bond acceptors (Lipinski definition) is 3. The van der Waals surface area contributed by atoms with Gasteiger partial charge in [-0.15, -0.1) is 0 Å². The van der Waals surface area contributed by atoms with E-state index in [0.717, 1.165) is 50.9 Å². The molecule has 1 aliphatic heterocycles. The molecular formula is C16H25NO2. The van der Waals surface area contributed by atoms with Gasteiger partial charge >= 0.3 is 0 Å². The van der Waals surface area contributed by atoms with Crippen molar-refractivity contribution in [3.8, 4) is 5.75 Å². The Morgan fingerprint density at radius 2 is 1.95 bits per heavy atom. The fraction of sp³-hybridized carbons (Fsp3) is 0.625. The van der Waals surface area contributed by atoms with Crippen LogP contribution in [0.15, 0.2) is 24.3 Å². The molecule has 0 saturated carbocycles. The summed E-state index contributed by atoms with van der Waals surface area (Å²) < 4.78 is 5.16. The molecule has 19 heavy (non-hydrogen) atoms. The maximum Gasteiger partial charge on any atom is 0.118 e. The quantitative estimate of drug-likeness (QED) is 0.906. The third kappa shape index (κ3) is 4.22. The van der Waals surface area contributed by atoms with Crippen LogP contribution in [0.4, 0.5) is 0 Å². The zero-order chi connectivity index (χ0) is 13.7. The second-order valence-corrected chi connectivity index (χ2v) is 5.73. The van der Waals surface area contributed by atoms with Crippen molar-refractivity contribution < 1.29 is 9.84 Å². The van der Waals surface area contributed by atoms with E-state index in [0.29, 0.717) is 0 Å². The highest BCUT2D eigenvalue weighted by Crippen LogP contribution is 2.27. The van der Waals surface area contributed by atoms with Crippen LogP contribution in [-0.2, 0) is 6.42 Å². The van der Waals surface area contributed by atoms with Crippen LogP contribution in [0, 0.1) is 0 Å². The van der Waals surface area contributed by atoms with E-state index in [4.69, 9.17) is 4.74 Å². The highest BCUT2D eigenvalue weighted by Gasteiger charge is 2.28. The monoisotopic (exact) mass is 263 g/mol. The van der Waals surface area contributed by atoms with E-state index in [1.165, 1.54) is 5.56 Å². The van der Waals surface area contributed by atoms with Gasteiger partial charge in [0.15, 0.2) is 0 Å². The molecule has 1 N–H and O–H groups in total. The lowest BCUT2D eigenvalue weighted by Crippen LogP contribution is -2.30. The minimum absolute atomic E-state index is 0.481. The molecule has 1 aliphatic rings. The van der Waals surface area contributed by atoms with Gasteiger partial charge < -0.3 is 14.7 Å². The van der Waals surface area contributed by atoms with Crippen LogP contribution in [0.25, 0.3) is 0 Å². The standard InChI is InChI=1S/C16H25NO2/c1-17-12-3-9-16(18,11-13-17)10-8-14-4-6-15(19-2)7-5-14/h4-7,18H,3,8-13H2,1-2H3. The summed E-state index contributed by atoms with van der Waals surface area (Å²) in [5, 5.41) is 10.7. The minimum Gasteiger partial charge on any atom is -0.497 e. The molecule has 2 rings (SSSR count). The minimum atomic E-state index is -0.481. The van der Waals surface area contributed by atoms with E-state index >= 15 is 0 Å². The molecule has 1 unspecified atom stereocenters. The SMILES string of the molecule is COc1ccc(CCC2(O)CCCN(C)CC2)cc1. The number of aliphatic hydroxyl groups is 1. The number of ether oxygens (including phenoxy) is 1. The molecule has 0 amide bonds. The van der Waals surface area contributed by atoms with Crippen molar-refractivity contribution in [1.29, 1.82) is 0 Å². The van der Waals surface area contributed by atoms with Gasteiger partial charge in [-0.25, -0.2) is 0 Å². The van der Waals surface area contributed by atoms with Crippen LogP contribution in [0.1, 0.15) is 31.2 Å². The summed E-state index contributed by atoms with van der Waals surface area (Å²) in [7, 11) is 3.81. The van der Waals surface area contributed by atoms with E-state index in [1.807, 2.05) is 12.1 Å². The van der Waals surface area contributed by atoms with E-state index in [1.54, 1.807) is 7.11 Å². The molecule has 3 nitrogen and oxygen atoms in total. The Kier molecular flexibility index (Phi) is 4.83. The number of benzene rings is 1.